The molecule has 0 amide bonds. The van der Waals surface area contributed by atoms with E-state index in [-0.39, 0.29) is 12.0 Å². The molecule has 4 unspecified atom stereocenters. The van der Waals surface area contributed by atoms with Crippen molar-refractivity contribution >= 4 is 5.78 Å². The number of carbonyl (C=O) groups is 1. The van der Waals surface area contributed by atoms with Gasteiger partial charge in [0.15, 0.2) is 0 Å². The summed E-state index contributed by atoms with van der Waals surface area (Å²) in [5.41, 5.74) is 6.37. The molecular formula is C35H65N3O2. The smallest absolute Gasteiger partial charge is 0.132 e. The molecule has 0 radical (unpaired) electrons. The summed E-state index contributed by atoms with van der Waals surface area (Å²) in [7, 11) is 0. The topological polar surface area (TPSA) is 87.4 Å². The second-order valence-electron chi connectivity index (χ2n) is 15.5. The highest BCUT2D eigenvalue weighted by atomic mass is 16.3. The van der Waals surface area contributed by atoms with Crippen LogP contribution in [0.25, 0.3) is 0 Å². The Morgan fingerprint density at radius 3 is 2.38 bits per heavy atom. The van der Waals surface area contributed by atoms with Gasteiger partial charge in [0.1, 0.15) is 5.78 Å². The fourth-order valence-corrected chi connectivity index (χ4v) is 10.6. The fraction of sp³-hybridized carbons (Fsp3) is 0.971. The molecule has 0 spiro atoms. The Balaban J connectivity index is 1.29. The molecule has 0 aromatic rings. The van der Waals surface area contributed by atoms with Gasteiger partial charge in [-0.05, 0) is 156 Å². The highest BCUT2D eigenvalue weighted by Gasteiger charge is 2.62. The number of aliphatic hydroxyl groups excluding tert-OH is 1. The van der Waals surface area contributed by atoms with E-state index in [4.69, 9.17) is 5.73 Å². The Morgan fingerprint density at radius 2 is 1.62 bits per heavy atom. The summed E-state index contributed by atoms with van der Waals surface area (Å²) < 4.78 is 0. The number of hydrogen-bond donors (Lipinski definition) is 4. The first-order valence-corrected chi connectivity index (χ1v) is 17.4. The van der Waals surface area contributed by atoms with Gasteiger partial charge in [-0.15, -0.1) is 0 Å². The summed E-state index contributed by atoms with van der Waals surface area (Å²) in [6, 6.07) is 0.621. The number of carbonyl (C=O) groups excluding carboxylic acids is 1. The van der Waals surface area contributed by atoms with Crippen LogP contribution in [0.5, 0.6) is 0 Å². The maximum Gasteiger partial charge on any atom is 0.132 e. The van der Waals surface area contributed by atoms with Crippen LogP contribution in [0.15, 0.2) is 0 Å². The van der Waals surface area contributed by atoms with E-state index in [0.717, 1.165) is 57.3 Å². The van der Waals surface area contributed by atoms with Gasteiger partial charge < -0.3 is 21.5 Å². The Bertz CT molecular complexity index is 806. The van der Waals surface area contributed by atoms with Crippen molar-refractivity contribution in [2.75, 3.05) is 26.2 Å². The lowest BCUT2D eigenvalue weighted by Crippen LogP contribution is -2.59. The van der Waals surface area contributed by atoms with E-state index in [1.54, 1.807) is 6.92 Å². The maximum atomic E-state index is 11.8. The van der Waals surface area contributed by atoms with Crippen molar-refractivity contribution in [3.8, 4) is 0 Å². The average molecular weight is 560 g/mol. The van der Waals surface area contributed by atoms with E-state index >= 15 is 0 Å². The minimum absolute atomic E-state index is 0.116. The molecule has 5 nitrogen and oxygen atoms in total. The summed E-state index contributed by atoms with van der Waals surface area (Å²) in [6.45, 7) is 15.6. The third kappa shape index (κ3) is 7.00. The van der Waals surface area contributed by atoms with Crippen LogP contribution in [-0.2, 0) is 4.79 Å². The summed E-state index contributed by atoms with van der Waals surface area (Å²) in [5.74, 6) is 4.59. The molecule has 0 aromatic heterocycles. The van der Waals surface area contributed by atoms with E-state index in [0.29, 0.717) is 46.3 Å². The molecule has 4 fully saturated rings. The zero-order valence-corrected chi connectivity index (χ0v) is 26.9. The first-order valence-electron chi connectivity index (χ1n) is 17.4. The predicted octanol–water partition coefficient (Wildman–Crippen LogP) is 6.32. The number of aliphatic hydroxyl groups is 1. The Morgan fingerprint density at radius 1 is 0.900 bits per heavy atom. The average Bonchev–Trinajstić information content (AvgIpc) is 3.27. The van der Waals surface area contributed by atoms with Crippen LogP contribution in [-0.4, -0.2) is 49.2 Å². The van der Waals surface area contributed by atoms with Crippen molar-refractivity contribution in [2.45, 2.75) is 137 Å². The molecule has 5 N–H and O–H groups in total. The first kappa shape index (κ1) is 32.4. The number of hydrogen-bond acceptors (Lipinski definition) is 5. The zero-order chi connectivity index (χ0) is 28.9. The SMILES string of the molecule is CC(=O)C(C)CCC[C@@H](C)[C@H]1CCC2C3C(CC[C@@]21C)[C@@]1(C)CC[C@H](NCCCNCCCCN)C[C@@H]1C[C@H]3O. The normalized spacial score (nSPS) is 40.6. The summed E-state index contributed by atoms with van der Waals surface area (Å²) in [4.78, 5) is 11.7. The van der Waals surface area contributed by atoms with Crippen molar-refractivity contribution in [1.82, 2.24) is 10.6 Å². The van der Waals surface area contributed by atoms with Gasteiger partial charge in [-0.1, -0.05) is 40.5 Å². The van der Waals surface area contributed by atoms with Crippen molar-refractivity contribution in [2.24, 2.45) is 58.0 Å². The molecular weight excluding hydrogens is 494 g/mol. The van der Waals surface area contributed by atoms with E-state index in [9.17, 15) is 9.90 Å². The predicted molar refractivity (Wildman–Crippen MR) is 167 cm³/mol. The Labute approximate surface area is 247 Å². The second kappa shape index (κ2) is 14.3. The molecule has 4 aliphatic carbocycles. The molecule has 4 aliphatic rings. The lowest BCUT2D eigenvalue weighted by atomic mass is 9.43. The van der Waals surface area contributed by atoms with Crippen LogP contribution >= 0.6 is 0 Å². The fourth-order valence-electron chi connectivity index (χ4n) is 10.6. The van der Waals surface area contributed by atoms with Crippen LogP contribution in [0.1, 0.15) is 125 Å². The van der Waals surface area contributed by atoms with Crippen molar-refractivity contribution in [3.63, 3.8) is 0 Å². The highest BCUT2D eigenvalue weighted by Crippen LogP contribution is 2.68. The van der Waals surface area contributed by atoms with Crippen LogP contribution in [0.2, 0.25) is 0 Å². The van der Waals surface area contributed by atoms with Crippen molar-refractivity contribution < 1.29 is 9.90 Å². The van der Waals surface area contributed by atoms with E-state index in [2.05, 4.69) is 38.3 Å². The molecule has 0 saturated heterocycles. The van der Waals surface area contributed by atoms with Crippen molar-refractivity contribution in [1.29, 1.82) is 0 Å². The monoisotopic (exact) mass is 560 g/mol. The summed E-state index contributed by atoms with van der Waals surface area (Å²) in [5, 5.41) is 19.2. The van der Waals surface area contributed by atoms with Gasteiger partial charge in [0.25, 0.3) is 0 Å². The third-order valence-electron chi connectivity index (χ3n) is 13.2. The van der Waals surface area contributed by atoms with Crippen LogP contribution < -0.4 is 16.4 Å². The van der Waals surface area contributed by atoms with Crippen LogP contribution in [0.3, 0.4) is 0 Å². The largest absolute Gasteiger partial charge is 0.393 e. The second-order valence-corrected chi connectivity index (χ2v) is 15.5. The van der Waals surface area contributed by atoms with E-state index < -0.39 is 0 Å². The van der Waals surface area contributed by atoms with Crippen LogP contribution in [0.4, 0.5) is 0 Å². The lowest BCUT2D eigenvalue weighted by molar-refractivity contribution is -0.167. The molecule has 232 valence electrons. The maximum absolute atomic E-state index is 11.8. The molecule has 11 atom stereocenters. The van der Waals surface area contributed by atoms with E-state index in [1.807, 2.05) is 0 Å². The summed E-state index contributed by atoms with van der Waals surface area (Å²) >= 11 is 0. The molecule has 0 heterocycles. The van der Waals surface area contributed by atoms with Gasteiger partial charge in [-0.25, -0.2) is 0 Å². The molecule has 4 rings (SSSR count). The molecule has 0 aliphatic heterocycles. The molecule has 40 heavy (non-hydrogen) atoms. The van der Waals surface area contributed by atoms with Gasteiger partial charge in [-0.3, -0.25) is 4.79 Å². The number of fused-ring (bicyclic) bond motifs is 5. The van der Waals surface area contributed by atoms with Gasteiger partial charge in [-0.2, -0.15) is 0 Å². The van der Waals surface area contributed by atoms with Gasteiger partial charge in [0.2, 0.25) is 0 Å². The quantitative estimate of drug-likeness (QED) is 0.176. The standard InChI is InChI=1S/C35H65N3O2/c1-24(26(3)39)10-8-11-25(2)29-12-13-30-33-31(15-17-35(29,30)5)34(4)16-14-28(22-27(34)23-32(33)40)38-21-9-20-37-19-7-6-18-36/h24-25,27-33,37-38,40H,6-23,36H2,1-5H3/t24?,25-,27-,28+,29-,30?,31?,32-,33?,34+,35-/m1/s1. The first-order chi connectivity index (χ1) is 19.1. The van der Waals surface area contributed by atoms with Crippen molar-refractivity contribution in [3.05, 3.63) is 0 Å². The number of rotatable bonds is 15. The van der Waals surface area contributed by atoms with Gasteiger partial charge >= 0.3 is 0 Å². The summed E-state index contributed by atoms with van der Waals surface area (Å²) in [6.07, 6.45) is 17.1. The molecule has 5 heteroatoms. The Hall–Kier alpha value is -0.490. The highest BCUT2D eigenvalue weighted by molar-refractivity contribution is 5.77. The van der Waals surface area contributed by atoms with E-state index in [1.165, 1.54) is 70.6 Å². The van der Waals surface area contributed by atoms with Gasteiger partial charge in [0, 0.05) is 12.0 Å². The number of nitrogens with two attached hydrogens (primary N) is 1. The zero-order valence-electron chi connectivity index (χ0n) is 26.9. The minimum atomic E-state index is -0.116. The van der Waals surface area contributed by atoms with Gasteiger partial charge in [0.05, 0.1) is 6.10 Å². The lowest BCUT2D eigenvalue weighted by Gasteiger charge is -2.62. The van der Waals surface area contributed by atoms with Crippen LogP contribution in [0, 0.1) is 52.3 Å². The number of Topliss-reactive ketones (excluding diaryl/α,β-unsaturated/α-hetero) is 1. The number of nitrogens with one attached hydrogen (secondary N) is 2. The Kier molecular flexibility index (Phi) is 11.6. The third-order valence-corrected chi connectivity index (χ3v) is 13.2. The minimum Gasteiger partial charge on any atom is -0.393 e. The molecule has 0 bridgehead atoms. The molecule has 4 saturated carbocycles. The number of ketones is 1. The molecule has 0 aromatic carbocycles. The number of unbranched alkanes of at least 4 members (excludes halogenated alkanes) is 1.